The highest BCUT2D eigenvalue weighted by Crippen LogP contribution is 2.17. The van der Waals surface area contributed by atoms with Gasteiger partial charge in [0.15, 0.2) is 0 Å². The summed E-state index contributed by atoms with van der Waals surface area (Å²) < 4.78 is 19.0. The van der Waals surface area contributed by atoms with Crippen LogP contribution < -0.4 is 0 Å². The van der Waals surface area contributed by atoms with Gasteiger partial charge in [0.25, 0.3) is 0 Å². The zero-order valence-electron chi connectivity index (χ0n) is 25.7. The quantitative estimate of drug-likeness (QED) is 0.0923. The highest BCUT2D eigenvalue weighted by molar-refractivity contribution is 9.10. The summed E-state index contributed by atoms with van der Waals surface area (Å²) in [6, 6.07) is 0. The van der Waals surface area contributed by atoms with E-state index < -0.39 is 0 Å². The molecule has 0 aliphatic heterocycles. The third-order valence-corrected chi connectivity index (χ3v) is 8.03. The lowest BCUT2D eigenvalue weighted by molar-refractivity contribution is -0.144. The van der Waals surface area contributed by atoms with E-state index in [9.17, 15) is 19.2 Å². The van der Waals surface area contributed by atoms with Crippen molar-refractivity contribution in [3.63, 3.8) is 0 Å². The van der Waals surface area contributed by atoms with Crippen molar-refractivity contribution in [3.8, 4) is 0 Å². The van der Waals surface area contributed by atoms with Gasteiger partial charge in [-0.1, -0.05) is 111 Å². The molecule has 0 amide bonds. The van der Waals surface area contributed by atoms with Crippen LogP contribution in [0.3, 0.4) is 0 Å². The topological polar surface area (TPSA) is 105 Å². The molecule has 0 rings (SSSR count). The van der Waals surface area contributed by atoms with Gasteiger partial charge < -0.3 is 18.9 Å². The van der Waals surface area contributed by atoms with E-state index in [0.717, 1.165) is 25.7 Å². The Kier molecular flexibility index (Phi) is 38.9. The Bertz CT molecular complexity index is 635. The summed E-state index contributed by atoms with van der Waals surface area (Å²) in [6.07, 6.45) is 4.71. The average molecular weight is 836 g/mol. The zero-order chi connectivity index (χ0) is 32.1. The van der Waals surface area contributed by atoms with Gasteiger partial charge in [0.2, 0.25) is 0 Å². The highest BCUT2D eigenvalue weighted by Gasteiger charge is 2.21. The van der Waals surface area contributed by atoms with Crippen LogP contribution >= 0.6 is 63.7 Å². The number of carbonyl (C=O) groups excluding carboxylic acids is 4. The van der Waals surface area contributed by atoms with Crippen LogP contribution in [0.25, 0.3) is 0 Å². The monoisotopic (exact) mass is 832 g/mol. The molecule has 0 aliphatic carbocycles. The first-order valence-electron chi connectivity index (χ1n) is 13.9. The van der Waals surface area contributed by atoms with Crippen molar-refractivity contribution in [3.05, 3.63) is 0 Å². The van der Waals surface area contributed by atoms with Gasteiger partial charge in [-0.2, -0.15) is 0 Å². The number of ether oxygens (including phenoxy) is 4. The van der Waals surface area contributed by atoms with Crippen LogP contribution in [0.15, 0.2) is 0 Å². The molecule has 5 atom stereocenters. The Morgan fingerprint density at radius 2 is 1.02 bits per heavy atom. The molecule has 0 heterocycles. The van der Waals surface area contributed by atoms with E-state index in [1.807, 2.05) is 48.5 Å². The van der Waals surface area contributed by atoms with E-state index in [4.69, 9.17) is 14.2 Å². The molecule has 0 aromatic heterocycles. The molecular formula is C28H52Br4O8. The number of hydrogen-bond acceptors (Lipinski definition) is 8. The second-order valence-corrected chi connectivity index (χ2v) is 13.3. The smallest absolute Gasteiger partial charge is 0.319 e. The Hall–Kier alpha value is -0.200. The first-order chi connectivity index (χ1) is 18.7. The molecule has 0 bridgehead atoms. The summed E-state index contributed by atoms with van der Waals surface area (Å²) in [6.45, 7) is 19.2. The van der Waals surface area contributed by atoms with Gasteiger partial charge in [-0.05, 0) is 46.5 Å². The van der Waals surface area contributed by atoms with Crippen molar-refractivity contribution in [2.75, 3.05) is 26.4 Å². The number of halogens is 4. The molecule has 0 spiro atoms. The van der Waals surface area contributed by atoms with E-state index in [-0.39, 0.29) is 43.2 Å². The maximum atomic E-state index is 11.1. The predicted octanol–water partition coefficient (Wildman–Crippen LogP) is 8.31. The summed E-state index contributed by atoms with van der Waals surface area (Å²) >= 11 is 13.1. The number of rotatable bonds is 15. The summed E-state index contributed by atoms with van der Waals surface area (Å²) in [5.41, 5.74) is 0. The van der Waals surface area contributed by atoms with Crippen LogP contribution in [0, 0.1) is 5.92 Å². The van der Waals surface area contributed by atoms with Gasteiger partial charge in [0.1, 0.15) is 9.65 Å². The Balaban J connectivity index is -0.000000217. The van der Waals surface area contributed by atoms with Crippen molar-refractivity contribution in [2.24, 2.45) is 5.92 Å². The minimum Gasteiger partial charge on any atom is -0.466 e. The third kappa shape index (κ3) is 34.0. The fourth-order valence-corrected chi connectivity index (χ4v) is 3.88. The first-order valence-corrected chi connectivity index (χ1v) is 17.6. The third-order valence-electron chi connectivity index (χ3n) is 4.63. The largest absolute Gasteiger partial charge is 0.466 e. The molecule has 0 saturated heterocycles. The van der Waals surface area contributed by atoms with E-state index >= 15 is 0 Å². The summed E-state index contributed by atoms with van der Waals surface area (Å²) in [5.74, 6) is -0.214. The molecule has 40 heavy (non-hydrogen) atoms. The summed E-state index contributed by atoms with van der Waals surface area (Å²) in [5, 5.41) is 0. The second-order valence-electron chi connectivity index (χ2n) is 8.35. The Morgan fingerprint density at radius 3 is 1.38 bits per heavy atom. The number of esters is 4. The van der Waals surface area contributed by atoms with Crippen molar-refractivity contribution in [1.29, 1.82) is 0 Å². The second kappa shape index (κ2) is 33.3. The molecule has 0 aromatic rings. The van der Waals surface area contributed by atoms with Gasteiger partial charge in [-0.15, -0.1) is 0 Å². The summed E-state index contributed by atoms with van der Waals surface area (Å²) in [7, 11) is 0. The van der Waals surface area contributed by atoms with Crippen molar-refractivity contribution in [2.45, 2.75) is 120 Å². The van der Waals surface area contributed by atoms with Crippen LogP contribution in [0.2, 0.25) is 0 Å². The first kappa shape index (κ1) is 46.7. The molecule has 0 radical (unpaired) electrons. The minimum absolute atomic E-state index is 0.113. The average Bonchev–Trinajstić information content (AvgIpc) is 2.89. The Morgan fingerprint density at radius 1 is 0.600 bits per heavy atom. The highest BCUT2D eigenvalue weighted by atomic mass is 79.9. The van der Waals surface area contributed by atoms with E-state index in [1.165, 1.54) is 0 Å². The standard InChI is InChI=1S/C8H15BrO2.2C7H13BrO2.C6H11BrO2/c1-4-6(3)7(9)8(10)11-5-2;1-3-6(8)5-7(9)10-4-2;1-3-5-6(8)7(9)10-4-2;1-3-9-6(8)4-5(2)7/h6-7H,4-5H2,1-3H3;2*6H,3-5H2,1-2H3;5H,3-4H2,1-2H3. The van der Waals surface area contributed by atoms with Crippen molar-refractivity contribution in [1.82, 2.24) is 0 Å². The van der Waals surface area contributed by atoms with Gasteiger partial charge in [-0.3, -0.25) is 19.2 Å². The molecule has 8 nitrogen and oxygen atoms in total. The maximum absolute atomic E-state index is 11.1. The normalized spacial score (nSPS) is 13.5. The molecule has 0 aromatic carbocycles. The summed E-state index contributed by atoms with van der Waals surface area (Å²) in [4.78, 5) is 43.5. The zero-order valence-corrected chi connectivity index (χ0v) is 32.1. The lowest BCUT2D eigenvalue weighted by Gasteiger charge is -2.14. The van der Waals surface area contributed by atoms with E-state index in [1.54, 1.807) is 6.92 Å². The van der Waals surface area contributed by atoms with Crippen LogP contribution in [0.1, 0.15) is 101 Å². The number of carbonyl (C=O) groups is 4. The number of hydrogen-bond donors (Lipinski definition) is 0. The molecule has 0 N–H and O–H groups in total. The molecule has 0 saturated carbocycles. The van der Waals surface area contributed by atoms with Gasteiger partial charge in [0, 0.05) is 9.65 Å². The molecule has 5 unspecified atom stereocenters. The SMILES string of the molecule is CCCC(Br)C(=O)OCC.CCOC(=O)C(Br)C(C)CC.CCOC(=O)CC(Br)CC.CCOC(=O)CC(C)Br. The van der Waals surface area contributed by atoms with E-state index in [2.05, 4.69) is 75.4 Å². The van der Waals surface area contributed by atoms with Crippen molar-refractivity contribution >= 4 is 87.6 Å². The molecule has 0 fully saturated rings. The lowest BCUT2D eigenvalue weighted by atomic mass is 10.1. The molecule has 12 heteroatoms. The fourth-order valence-electron chi connectivity index (χ4n) is 2.26. The van der Waals surface area contributed by atoms with Gasteiger partial charge >= 0.3 is 23.9 Å². The maximum Gasteiger partial charge on any atom is 0.319 e. The number of alkyl halides is 4. The lowest BCUT2D eigenvalue weighted by Crippen LogP contribution is -2.23. The van der Waals surface area contributed by atoms with Gasteiger partial charge in [0.05, 0.1) is 39.3 Å². The van der Waals surface area contributed by atoms with E-state index in [0.29, 0.717) is 45.2 Å². The fraction of sp³-hybridized carbons (Fsp3) is 0.857. The molecule has 0 aliphatic rings. The van der Waals surface area contributed by atoms with Crippen molar-refractivity contribution < 1.29 is 38.1 Å². The Labute approximate surface area is 276 Å². The van der Waals surface area contributed by atoms with Gasteiger partial charge in [-0.25, -0.2) is 0 Å². The molecule has 240 valence electrons. The van der Waals surface area contributed by atoms with Crippen LogP contribution in [0.4, 0.5) is 0 Å². The van der Waals surface area contributed by atoms with Crippen LogP contribution in [-0.4, -0.2) is 69.6 Å². The minimum atomic E-state index is -0.151. The van der Waals surface area contributed by atoms with Crippen LogP contribution in [0.5, 0.6) is 0 Å². The predicted molar refractivity (Wildman–Crippen MR) is 177 cm³/mol. The molecular weight excluding hydrogens is 784 g/mol. The van der Waals surface area contributed by atoms with Crippen LogP contribution in [-0.2, 0) is 38.1 Å².